The number of allylic oxidation sites excluding steroid dienone is 4. The van der Waals surface area contributed by atoms with Crippen molar-refractivity contribution in [3.05, 3.63) is 69.9 Å². The number of rotatable bonds is 4. The second-order valence-corrected chi connectivity index (χ2v) is 8.94. The van der Waals surface area contributed by atoms with Gasteiger partial charge in [-0.3, -0.25) is 14.4 Å². The molecule has 2 aromatic carbocycles. The maximum atomic E-state index is 13.8. The Kier molecular flexibility index (Phi) is 4.84. The van der Waals surface area contributed by atoms with Gasteiger partial charge in [-0.2, -0.15) is 0 Å². The Morgan fingerprint density at radius 3 is 2.57 bits per heavy atom. The minimum atomic E-state index is -1.55. The van der Waals surface area contributed by atoms with Crippen molar-refractivity contribution in [1.82, 2.24) is 15.3 Å². The van der Waals surface area contributed by atoms with Crippen LogP contribution in [0.4, 0.5) is 0 Å². The number of benzene rings is 2. The van der Waals surface area contributed by atoms with Crippen LogP contribution < -0.4 is 10.1 Å². The normalized spacial score (nSPS) is 20.3. The molecule has 2 heterocycles. The van der Waals surface area contributed by atoms with Crippen LogP contribution in [0, 0.1) is 6.92 Å². The fraction of sp³-hybridized carbons (Fsp3) is 0.231. The Balaban J connectivity index is 1.57. The van der Waals surface area contributed by atoms with Crippen molar-refractivity contribution in [3.8, 4) is 17.2 Å². The molecule has 0 bridgehead atoms. The maximum absolute atomic E-state index is 13.8. The number of phenolic OH excluding ortho intramolecular Hbond substituents is 2. The third kappa shape index (κ3) is 3.08. The number of ether oxygens (including phenoxy) is 1. The highest BCUT2D eigenvalue weighted by Crippen LogP contribution is 2.57. The van der Waals surface area contributed by atoms with E-state index in [0.29, 0.717) is 11.5 Å². The summed E-state index contributed by atoms with van der Waals surface area (Å²) in [4.78, 5) is 46.8. The van der Waals surface area contributed by atoms with E-state index in [9.17, 15) is 24.6 Å². The number of para-hydroxylation sites is 2. The largest absolute Gasteiger partial charge is 0.507 e. The molecule has 0 saturated carbocycles. The molecule has 9 heteroatoms. The fourth-order valence-corrected chi connectivity index (χ4v) is 4.76. The Labute approximate surface area is 200 Å². The summed E-state index contributed by atoms with van der Waals surface area (Å²) >= 11 is 0. The van der Waals surface area contributed by atoms with Gasteiger partial charge in [-0.15, -0.1) is 0 Å². The van der Waals surface area contributed by atoms with E-state index in [1.54, 1.807) is 6.92 Å². The molecular weight excluding hydrogens is 450 g/mol. The zero-order chi connectivity index (χ0) is 25.2. The second kappa shape index (κ2) is 7.56. The molecule has 1 aromatic heterocycles. The first-order valence-electron chi connectivity index (χ1n) is 11.0. The summed E-state index contributed by atoms with van der Waals surface area (Å²) in [7, 11) is 0. The minimum absolute atomic E-state index is 0.000802. The molecule has 0 unspecified atom stereocenters. The van der Waals surface area contributed by atoms with Gasteiger partial charge in [0.05, 0.1) is 28.7 Å². The Morgan fingerprint density at radius 1 is 1.17 bits per heavy atom. The standard InChI is InChI=1S/C26H23N3O6/c1-11-22(32)20(13(3)30)24-21(23(11)33)26(4)17(35-24)9-16(31)19(25(26)34)12(2)27-10-18-28-14-7-5-6-8-15(14)29-18/h5-9,27,32-33H,10H2,1-4H3,(H,28,29)/t26-/m0/s1. The first-order valence-corrected chi connectivity index (χ1v) is 11.0. The first kappa shape index (κ1) is 22.4. The molecule has 1 atom stereocenters. The quantitative estimate of drug-likeness (QED) is 0.257. The molecule has 0 spiro atoms. The van der Waals surface area contributed by atoms with E-state index in [2.05, 4.69) is 15.3 Å². The summed E-state index contributed by atoms with van der Waals surface area (Å²) in [5.41, 5.74) is 0.347. The van der Waals surface area contributed by atoms with Crippen molar-refractivity contribution in [2.45, 2.75) is 39.7 Å². The third-order valence-electron chi connectivity index (χ3n) is 6.72. The van der Waals surface area contributed by atoms with Gasteiger partial charge in [0.1, 0.15) is 39.8 Å². The zero-order valence-corrected chi connectivity index (χ0v) is 19.6. The van der Waals surface area contributed by atoms with Gasteiger partial charge >= 0.3 is 0 Å². The second-order valence-electron chi connectivity index (χ2n) is 8.94. The van der Waals surface area contributed by atoms with E-state index < -0.39 is 28.5 Å². The van der Waals surface area contributed by atoms with Gasteiger partial charge in [0.2, 0.25) is 0 Å². The number of fused-ring (bicyclic) bond motifs is 4. The molecule has 1 aliphatic carbocycles. The molecule has 0 fully saturated rings. The third-order valence-corrected chi connectivity index (χ3v) is 6.72. The Hall–Kier alpha value is -4.40. The molecule has 4 N–H and O–H groups in total. The molecule has 35 heavy (non-hydrogen) atoms. The van der Waals surface area contributed by atoms with Crippen LogP contribution in [0.25, 0.3) is 11.0 Å². The number of hydrogen-bond acceptors (Lipinski definition) is 8. The number of carbonyl (C=O) groups is 3. The fourth-order valence-electron chi connectivity index (χ4n) is 4.76. The molecule has 2 aliphatic rings. The number of aromatic amines is 1. The molecule has 0 amide bonds. The highest BCUT2D eigenvalue weighted by Gasteiger charge is 2.56. The molecule has 0 radical (unpaired) electrons. The van der Waals surface area contributed by atoms with Crippen molar-refractivity contribution in [1.29, 1.82) is 0 Å². The molecule has 1 aliphatic heterocycles. The number of Topliss-reactive ketones (excluding diaryl/α,β-unsaturated/α-hetero) is 2. The number of ketones is 3. The minimum Gasteiger partial charge on any atom is -0.507 e. The van der Waals surface area contributed by atoms with Crippen LogP contribution in [0.1, 0.15) is 48.1 Å². The van der Waals surface area contributed by atoms with Gasteiger partial charge in [-0.1, -0.05) is 12.1 Å². The lowest BCUT2D eigenvalue weighted by atomic mass is 9.70. The van der Waals surface area contributed by atoms with Gasteiger partial charge < -0.3 is 25.3 Å². The summed E-state index contributed by atoms with van der Waals surface area (Å²) in [5.74, 6) is -1.89. The number of imidazole rings is 1. The van der Waals surface area contributed by atoms with E-state index in [1.165, 1.54) is 26.8 Å². The van der Waals surface area contributed by atoms with Crippen LogP contribution in [-0.4, -0.2) is 37.5 Å². The molecule has 178 valence electrons. The SMILES string of the molecule is CC(=O)c1c(O)c(C)c(O)c2c1OC1=CC(=O)C(=C(C)NCc3nc4ccccc4[nH]3)C(=O)[C@@]12C. The lowest BCUT2D eigenvalue weighted by Crippen LogP contribution is -2.41. The number of nitrogens with zero attached hydrogens (tertiary/aromatic N) is 1. The van der Waals surface area contributed by atoms with Crippen LogP contribution in [0.5, 0.6) is 17.2 Å². The summed E-state index contributed by atoms with van der Waals surface area (Å²) in [6, 6.07) is 7.55. The van der Waals surface area contributed by atoms with Crippen molar-refractivity contribution in [2.75, 3.05) is 0 Å². The predicted molar refractivity (Wildman–Crippen MR) is 126 cm³/mol. The Bertz CT molecular complexity index is 1510. The van der Waals surface area contributed by atoms with E-state index >= 15 is 0 Å². The molecule has 5 rings (SSSR count). The smallest absolute Gasteiger partial charge is 0.194 e. The van der Waals surface area contributed by atoms with Crippen LogP contribution in [0.3, 0.4) is 0 Å². The van der Waals surface area contributed by atoms with Gasteiger partial charge in [0.25, 0.3) is 0 Å². The summed E-state index contributed by atoms with van der Waals surface area (Å²) in [6.07, 6.45) is 1.19. The average Bonchev–Trinajstić information content (AvgIpc) is 3.35. The predicted octanol–water partition coefficient (Wildman–Crippen LogP) is 3.23. The van der Waals surface area contributed by atoms with Crippen LogP contribution in [-0.2, 0) is 21.5 Å². The number of nitrogens with one attached hydrogen (secondary N) is 2. The summed E-state index contributed by atoms with van der Waals surface area (Å²) in [6.45, 7) is 6.09. The summed E-state index contributed by atoms with van der Waals surface area (Å²) < 4.78 is 5.78. The highest BCUT2D eigenvalue weighted by molar-refractivity contribution is 6.31. The number of hydrogen-bond donors (Lipinski definition) is 4. The number of phenols is 2. The van der Waals surface area contributed by atoms with Gasteiger partial charge in [0.15, 0.2) is 17.3 Å². The molecule has 0 saturated heterocycles. The van der Waals surface area contributed by atoms with E-state index in [0.717, 1.165) is 11.0 Å². The first-order chi connectivity index (χ1) is 16.6. The average molecular weight is 473 g/mol. The van der Waals surface area contributed by atoms with Crippen molar-refractivity contribution < 1.29 is 29.3 Å². The number of aromatic nitrogens is 2. The van der Waals surface area contributed by atoms with E-state index in [4.69, 9.17) is 4.74 Å². The number of carbonyl (C=O) groups excluding carboxylic acids is 3. The Morgan fingerprint density at radius 2 is 1.89 bits per heavy atom. The van der Waals surface area contributed by atoms with Crippen molar-refractivity contribution in [3.63, 3.8) is 0 Å². The maximum Gasteiger partial charge on any atom is 0.194 e. The lowest BCUT2D eigenvalue weighted by Gasteiger charge is -2.29. The zero-order valence-electron chi connectivity index (χ0n) is 19.6. The molecular formula is C26H23N3O6. The van der Waals surface area contributed by atoms with Gasteiger partial charge in [-0.05, 0) is 39.8 Å². The van der Waals surface area contributed by atoms with Crippen LogP contribution in [0.2, 0.25) is 0 Å². The number of H-pyrrole nitrogens is 1. The van der Waals surface area contributed by atoms with Gasteiger partial charge in [0, 0.05) is 17.3 Å². The molecule has 3 aromatic rings. The topological polar surface area (TPSA) is 142 Å². The van der Waals surface area contributed by atoms with E-state index in [1.807, 2.05) is 24.3 Å². The molecule has 9 nitrogen and oxygen atoms in total. The number of aromatic hydroxyl groups is 2. The van der Waals surface area contributed by atoms with Crippen LogP contribution in [0.15, 0.2) is 47.4 Å². The lowest BCUT2D eigenvalue weighted by molar-refractivity contribution is -0.123. The monoisotopic (exact) mass is 473 g/mol. The van der Waals surface area contributed by atoms with Crippen molar-refractivity contribution >= 4 is 28.4 Å². The van der Waals surface area contributed by atoms with Gasteiger partial charge in [-0.25, -0.2) is 4.98 Å². The summed E-state index contributed by atoms with van der Waals surface area (Å²) in [5, 5.41) is 24.4. The highest BCUT2D eigenvalue weighted by atomic mass is 16.5. The van der Waals surface area contributed by atoms with Crippen LogP contribution >= 0.6 is 0 Å². The van der Waals surface area contributed by atoms with E-state index in [-0.39, 0.29) is 46.1 Å². The van der Waals surface area contributed by atoms with Crippen molar-refractivity contribution in [2.24, 2.45) is 0 Å².